The van der Waals surface area contributed by atoms with Gasteiger partial charge in [0.15, 0.2) is 0 Å². The van der Waals surface area contributed by atoms with Gasteiger partial charge < -0.3 is 10.0 Å². The Hall–Kier alpha value is -3.84. The number of fused-ring (bicyclic) bond motifs is 1. The molecular weight excluding hydrogens is 548 g/mol. The van der Waals surface area contributed by atoms with Crippen molar-refractivity contribution in [1.82, 2.24) is 18.9 Å². The van der Waals surface area contributed by atoms with Crippen molar-refractivity contribution in [2.45, 2.75) is 89.5 Å². The van der Waals surface area contributed by atoms with Crippen molar-refractivity contribution < 1.29 is 9.90 Å². The second-order valence-electron chi connectivity index (χ2n) is 12.9. The molecule has 2 atom stereocenters. The number of hydrogen-bond donors (Lipinski definition) is 1. The predicted molar refractivity (Wildman–Crippen MR) is 176 cm³/mol. The Bertz CT molecular complexity index is 1520. The van der Waals surface area contributed by atoms with E-state index in [-0.39, 0.29) is 17.8 Å². The highest BCUT2D eigenvalue weighted by atomic mass is 16.4. The molecule has 3 aromatic carbocycles. The Morgan fingerprint density at radius 2 is 1.41 bits per heavy atom. The van der Waals surface area contributed by atoms with Gasteiger partial charge in [-0.2, -0.15) is 0 Å². The molecule has 2 aliphatic rings. The fourth-order valence-corrected chi connectivity index (χ4v) is 7.63. The predicted octanol–water partition coefficient (Wildman–Crippen LogP) is 7.55. The lowest BCUT2D eigenvalue weighted by atomic mass is 9.89. The highest BCUT2D eigenvalue weighted by molar-refractivity contribution is 5.76. The van der Waals surface area contributed by atoms with E-state index in [1.165, 1.54) is 43.2 Å². The fourth-order valence-electron chi connectivity index (χ4n) is 7.63. The van der Waals surface area contributed by atoms with Crippen molar-refractivity contribution in [3.63, 3.8) is 0 Å². The van der Waals surface area contributed by atoms with Crippen LogP contribution in [0.2, 0.25) is 0 Å². The minimum absolute atomic E-state index is 0.00894. The number of para-hydroxylation sites is 2. The molecule has 0 radical (unpaired) electrons. The highest BCUT2D eigenvalue weighted by Gasteiger charge is 2.34. The third-order valence-electron chi connectivity index (χ3n) is 9.84. The van der Waals surface area contributed by atoms with Crippen molar-refractivity contribution in [1.29, 1.82) is 0 Å². The molecule has 44 heavy (non-hydrogen) atoms. The van der Waals surface area contributed by atoms with Gasteiger partial charge in [-0.3, -0.25) is 14.0 Å². The Balaban J connectivity index is 1.18. The fraction of sp³-hybridized carbons (Fsp3) is 0.459. The Kier molecular flexibility index (Phi) is 9.81. The van der Waals surface area contributed by atoms with Crippen LogP contribution in [0.15, 0.2) is 89.7 Å². The summed E-state index contributed by atoms with van der Waals surface area (Å²) >= 11 is 0. The number of carboxylic acid groups (broad SMARTS) is 1. The molecule has 1 amide bonds. The van der Waals surface area contributed by atoms with Gasteiger partial charge in [0.25, 0.3) is 0 Å². The van der Waals surface area contributed by atoms with Crippen LogP contribution in [0.4, 0.5) is 4.79 Å². The van der Waals surface area contributed by atoms with Gasteiger partial charge in [0.05, 0.1) is 11.0 Å². The van der Waals surface area contributed by atoms with Gasteiger partial charge in [-0.1, -0.05) is 92.1 Å². The second-order valence-corrected chi connectivity index (χ2v) is 12.9. The number of amides is 1. The molecule has 0 spiro atoms. The number of imidazole rings is 1. The van der Waals surface area contributed by atoms with E-state index in [2.05, 4.69) is 65.6 Å². The first-order chi connectivity index (χ1) is 21.6. The maximum Gasteiger partial charge on any atom is 0.407 e. The minimum Gasteiger partial charge on any atom is -0.465 e. The van der Waals surface area contributed by atoms with Crippen molar-refractivity contribution in [3.8, 4) is 0 Å². The zero-order valence-electron chi connectivity index (χ0n) is 25.8. The third-order valence-corrected chi connectivity index (χ3v) is 9.84. The molecule has 1 aliphatic carbocycles. The van der Waals surface area contributed by atoms with Crippen LogP contribution in [0, 0.1) is 5.92 Å². The maximum absolute atomic E-state index is 14.0. The van der Waals surface area contributed by atoms with E-state index in [0.29, 0.717) is 25.3 Å². The molecular formula is C37H46N4O3. The Labute approximate surface area is 260 Å². The first-order valence-corrected chi connectivity index (χ1v) is 16.6. The molecule has 232 valence electrons. The number of hydrogen-bond acceptors (Lipinski definition) is 3. The highest BCUT2D eigenvalue weighted by Crippen LogP contribution is 2.32. The van der Waals surface area contributed by atoms with E-state index in [1.807, 2.05) is 33.4 Å². The first-order valence-electron chi connectivity index (χ1n) is 16.6. The zero-order chi connectivity index (χ0) is 30.3. The number of nitrogens with zero attached hydrogens (tertiary/aromatic N) is 4. The van der Waals surface area contributed by atoms with Gasteiger partial charge in [-0.25, -0.2) is 9.59 Å². The second kappa shape index (κ2) is 14.3. The summed E-state index contributed by atoms with van der Waals surface area (Å²) in [6.45, 7) is 3.81. The maximum atomic E-state index is 14.0. The van der Waals surface area contributed by atoms with Crippen molar-refractivity contribution in [3.05, 3.63) is 107 Å². The molecule has 1 saturated heterocycles. The van der Waals surface area contributed by atoms with Crippen LogP contribution >= 0.6 is 0 Å². The molecule has 1 saturated carbocycles. The van der Waals surface area contributed by atoms with Crippen LogP contribution in [-0.2, 0) is 19.6 Å². The van der Waals surface area contributed by atoms with Crippen molar-refractivity contribution in [2.24, 2.45) is 5.92 Å². The lowest BCUT2D eigenvalue weighted by molar-refractivity contribution is 0.0851. The average Bonchev–Trinajstić information content (AvgIpc) is 3.33. The SMILES string of the molecule is O=C(O)N1CC[C@H](n2c(=O)n(CC3CCCCC3)c3ccccc32)C[C@@H]1CCCN(Cc1ccccc1)Cc1ccccc1. The number of benzene rings is 3. The van der Waals surface area contributed by atoms with Crippen LogP contribution in [-0.4, -0.2) is 49.3 Å². The van der Waals surface area contributed by atoms with Gasteiger partial charge in [-0.05, 0) is 74.2 Å². The molecule has 0 bridgehead atoms. The summed E-state index contributed by atoms with van der Waals surface area (Å²) in [5.74, 6) is 0.553. The van der Waals surface area contributed by atoms with Crippen LogP contribution in [0.5, 0.6) is 0 Å². The van der Waals surface area contributed by atoms with E-state index < -0.39 is 6.09 Å². The van der Waals surface area contributed by atoms with Crippen LogP contribution in [0.3, 0.4) is 0 Å². The summed E-state index contributed by atoms with van der Waals surface area (Å²) in [7, 11) is 0. The number of rotatable bonds is 11. The molecule has 6 rings (SSSR count). The van der Waals surface area contributed by atoms with Gasteiger partial charge in [0.1, 0.15) is 0 Å². The number of piperidine rings is 1. The molecule has 1 aliphatic heterocycles. The normalized spacial score (nSPS) is 19.5. The van der Waals surface area contributed by atoms with Crippen LogP contribution in [0.25, 0.3) is 11.0 Å². The minimum atomic E-state index is -0.856. The van der Waals surface area contributed by atoms with Gasteiger partial charge in [-0.15, -0.1) is 0 Å². The quantitative estimate of drug-likeness (QED) is 0.195. The van der Waals surface area contributed by atoms with Crippen molar-refractivity contribution in [2.75, 3.05) is 13.1 Å². The topological polar surface area (TPSA) is 70.7 Å². The number of likely N-dealkylation sites (tertiary alicyclic amines) is 1. The molecule has 1 N–H and O–H groups in total. The smallest absolute Gasteiger partial charge is 0.407 e. The van der Waals surface area contributed by atoms with Crippen molar-refractivity contribution >= 4 is 17.1 Å². The van der Waals surface area contributed by atoms with E-state index in [0.717, 1.165) is 50.1 Å². The van der Waals surface area contributed by atoms with Gasteiger partial charge in [0.2, 0.25) is 0 Å². The Morgan fingerprint density at radius 3 is 2.05 bits per heavy atom. The Morgan fingerprint density at radius 1 is 0.795 bits per heavy atom. The van der Waals surface area contributed by atoms with Crippen LogP contribution in [0.1, 0.15) is 75.0 Å². The standard InChI is InChI=1S/C37H46N4O3/c42-36-40(28-31-17-8-3-9-18-31)34-20-10-11-21-35(34)41(36)33-22-24-39(37(43)44)32(25-33)19-12-23-38(26-29-13-4-1-5-14-29)27-30-15-6-2-7-16-30/h1-2,4-7,10-11,13-16,20-21,31-33H,3,8-9,12,17-19,22-28H2,(H,43,44)/t32-,33-/m0/s1. The van der Waals surface area contributed by atoms with Gasteiger partial charge in [0, 0.05) is 38.3 Å². The molecule has 4 aromatic rings. The molecule has 7 nitrogen and oxygen atoms in total. The first kappa shape index (κ1) is 30.2. The van der Waals surface area contributed by atoms with Crippen LogP contribution < -0.4 is 5.69 Å². The molecule has 7 heteroatoms. The van der Waals surface area contributed by atoms with Gasteiger partial charge >= 0.3 is 11.8 Å². The number of carbonyl (C=O) groups is 1. The average molecular weight is 595 g/mol. The molecule has 2 heterocycles. The summed E-state index contributed by atoms with van der Waals surface area (Å²) in [5.41, 5.74) is 4.62. The zero-order valence-corrected chi connectivity index (χ0v) is 25.8. The van der Waals surface area contributed by atoms with E-state index >= 15 is 0 Å². The molecule has 0 unspecified atom stereocenters. The summed E-state index contributed by atoms with van der Waals surface area (Å²) < 4.78 is 4.01. The summed E-state index contributed by atoms with van der Waals surface area (Å²) in [5, 5.41) is 10.1. The number of aromatic nitrogens is 2. The lowest BCUT2D eigenvalue weighted by Crippen LogP contribution is -2.47. The lowest BCUT2D eigenvalue weighted by Gasteiger charge is -2.38. The monoisotopic (exact) mass is 594 g/mol. The van der Waals surface area contributed by atoms with E-state index in [1.54, 1.807) is 4.90 Å². The summed E-state index contributed by atoms with van der Waals surface area (Å²) in [6, 6.07) is 29.1. The largest absolute Gasteiger partial charge is 0.465 e. The molecule has 2 fully saturated rings. The molecule has 1 aromatic heterocycles. The van der Waals surface area contributed by atoms with E-state index in [4.69, 9.17) is 0 Å². The van der Waals surface area contributed by atoms with E-state index in [9.17, 15) is 14.7 Å². The third kappa shape index (κ3) is 7.10. The summed E-state index contributed by atoms with van der Waals surface area (Å²) in [6.07, 6.45) is 8.32. The summed E-state index contributed by atoms with van der Waals surface area (Å²) in [4.78, 5) is 30.4.